The SMILES string of the molecule is COC(=O)c1c(C#Cc2cccnc2)cccc1C#Cc1cccnc1. The van der Waals surface area contributed by atoms with Crippen LogP contribution in [-0.4, -0.2) is 23.0 Å². The van der Waals surface area contributed by atoms with Crippen molar-refractivity contribution in [3.05, 3.63) is 95.1 Å². The van der Waals surface area contributed by atoms with Crippen molar-refractivity contribution in [2.45, 2.75) is 0 Å². The number of ether oxygens (including phenoxy) is 1. The predicted octanol–water partition coefficient (Wildman–Crippen LogP) is 3.06. The van der Waals surface area contributed by atoms with Crippen LogP contribution in [0, 0.1) is 23.7 Å². The van der Waals surface area contributed by atoms with E-state index in [4.69, 9.17) is 4.74 Å². The fourth-order valence-electron chi connectivity index (χ4n) is 2.24. The minimum atomic E-state index is -0.475. The lowest BCUT2D eigenvalue weighted by atomic mass is 10.0. The first-order valence-electron chi connectivity index (χ1n) is 7.83. The lowest BCUT2D eigenvalue weighted by molar-refractivity contribution is 0.0600. The van der Waals surface area contributed by atoms with Gasteiger partial charge in [-0.3, -0.25) is 9.97 Å². The normalized spacial score (nSPS) is 9.27. The van der Waals surface area contributed by atoms with Crippen LogP contribution < -0.4 is 0 Å². The standard InChI is InChI=1S/C22H14N2O2/c1-26-22(25)21-19(11-9-17-5-3-13-23-15-17)7-2-8-20(21)12-10-18-6-4-14-24-16-18/h2-8,13-16H,1H3. The molecule has 0 aliphatic carbocycles. The van der Waals surface area contributed by atoms with Gasteiger partial charge in [0.1, 0.15) is 0 Å². The highest BCUT2D eigenvalue weighted by molar-refractivity contribution is 5.95. The van der Waals surface area contributed by atoms with Crippen LogP contribution in [0.4, 0.5) is 0 Å². The van der Waals surface area contributed by atoms with Gasteiger partial charge in [0.25, 0.3) is 0 Å². The zero-order valence-corrected chi connectivity index (χ0v) is 14.1. The molecule has 0 bridgehead atoms. The highest BCUT2D eigenvalue weighted by Gasteiger charge is 2.15. The van der Waals surface area contributed by atoms with E-state index in [1.54, 1.807) is 49.1 Å². The Balaban J connectivity index is 2.05. The van der Waals surface area contributed by atoms with Gasteiger partial charge in [-0.15, -0.1) is 0 Å². The average molecular weight is 338 g/mol. The number of nitrogens with zero attached hydrogens (tertiary/aromatic N) is 2. The van der Waals surface area contributed by atoms with Crippen molar-refractivity contribution in [2.24, 2.45) is 0 Å². The van der Waals surface area contributed by atoms with Crippen LogP contribution in [0.25, 0.3) is 0 Å². The van der Waals surface area contributed by atoms with Gasteiger partial charge < -0.3 is 4.74 Å². The van der Waals surface area contributed by atoms with Gasteiger partial charge in [-0.1, -0.05) is 29.7 Å². The van der Waals surface area contributed by atoms with E-state index < -0.39 is 5.97 Å². The predicted molar refractivity (Wildman–Crippen MR) is 98.2 cm³/mol. The summed E-state index contributed by atoms with van der Waals surface area (Å²) in [4.78, 5) is 20.4. The van der Waals surface area contributed by atoms with Crippen molar-refractivity contribution in [2.75, 3.05) is 7.11 Å². The van der Waals surface area contributed by atoms with Crippen LogP contribution in [-0.2, 0) is 4.74 Å². The van der Waals surface area contributed by atoms with Crippen LogP contribution in [0.2, 0.25) is 0 Å². The molecular formula is C22H14N2O2. The fourth-order valence-corrected chi connectivity index (χ4v) is 2.24. The van der Waals surface area contributed by atoms with E-state index >= 15 is 0 Å². The Bertz CT molecular complexity index is 962. The van der Waals surface area contributed by atoms with Crippen molar-refractivity contribution < 1.29 is 9.53 Å². The summed E-state index contributed by atoms with van der Waals surface area (Å²) in [6, 6.07) is 12.7. The molecule has 0 N–H and O–H groups in total. The van der Waals surface area contributed by atoms with Crippen LogP contribution in [0.15, 0.2) is 67.3 Å². The smallest absolute Gasteiger partial charge is 0.340 e. The number of hydrogen-bond donors (Lipinski definition) is 0. The monoisotopic (exact) mass is 338 g/mol. The number of carbonyl (C=O) groups is 1. The van der Waals surface area contributed by atoms with Crippen molar-refractivity contribution in [3.8, 4) is 23.7 Å². The van der Waals surface area contributed by atoms with Crippen LogP contribution in [0.3, 0.4) is 0 Å². The Labute approximate surface area is 151 Å². The summed E-state index contributed by atoms with van der Waals surface area (Å²) in [6.07, 6.45) is 6.69. The maximum atomic E-state index is 12.3. The second kappa shape index (κ2) is 8.28. The van der Waals surface area contributed by atoms with Gasteiger partial charge in [0.15, 0.2) is 0 Å². The molecule has 0 saturated carbocycles. The van der Waals surface area contributed by atoms with E-state index in [1.165, 1.54) is 7.11 Å². The molecule has 0 atom stereocenters. The Kier molecular flexibility index (Phi) is 5.40. The summed E-state index contributed by atoms with van der Waals surface area (Å²) in [5.41, 5.74) is 2.98. The summed E-state index contributed by atoms with van der Waals surface area (Å²) in [7, 11) is 1.34. The lowest BCUT2D eigenvalue weighted by Gasteiger charge is -2.05. The van der Waals surface area contributed by atoms with E-state index in [-0.39, 0.29) is 0 Å². The molecular weight excluding hydrogens is 324 g/mol. The topological polar surface area (TPSA) is 52.1 Å². The Hall–Kier alpha value is -3.89. The fraction of sp³-hybridized carbons (Fsp3) is 0.0455. The maximum absolute atomic E-state index is 12.3. The van der Waals surface area contributed by atoms with E-state index in [2.05, 4.69) is 33.6 Å². The third-order valence-corrected chi connectivity index (χ3v) is 3.46. The molecule has 0 amide bonds. The molecule has 0 unspecified atom stereocenters. The number of pyridine rings is 2. The molecule has 2 heterocycles. The van der Waals surface area contributed by atoms with Crippen molar-refractivity contribution >= 4 is 5.97 Å². The highest BCUT2D eigenvalue weighted by atomic mass is 16.5. The lowest BCUT2D eigenvalue weighted by Crippen LogP contribution is -2.07. The van der Waals surface area contributed by atoms with Gasteiger partial charge in [-0.05, 0) is 36.4 Å². The number of hydrogen-bond acceptors (Lipinski definition) is 4. The number of carbonyl (C=O) groups excluding carboxylic acids is 1. The number of benzene rings is 1. The van der Waals surface area contributed by atoms with Gasteiger partial charge in [-0.2, -0.15) is 0 Å². The summed E-state index contributed by atoms with van der Waals surface area (Å²) >= 11 is 0. The van der Waals surface area contributed by atoms with Crippen LogP contribution in [0.5, 0.6) is 0 Å². The van der Waals surface area contributed by atoms with Gasteiger partial charge in [0.2, 0.25) is 0 Å². The molecule has 1 aromatic carbocycles. The van der Waals surface area contributed by atoms with Crippen LogP contribution in [0.1, 0.15) is 32.6 Å². The van der Waals surface area contributed by atoms with Crippen molar-refractivity contribution in [1.29, 1.82) is 0 Å². The molecule has 2 aromatic heterocycles. The maximum Gasteiger partial charge on any atom is 0.340 e. The molecule has 4 heteroatoms. The second-order valence-electron chi connectivity index (χ2n) is 5.20. The van der Waals surface area contributed by atoms with E-state index in [9.17, 15) is 4.79 Å². The van der Waals surface area contributed by atoms with E-state index in [0.717, 1.165) is 11.1 Å². The third-order valence-electron chi connectivity index (χ3n) is 3.46. The number of methoxy groups -OCH3 is 1. The summed E-state index contributed by atoms with van der Waals surface area (Å²) in [6.45, 7) is 0. The Morgan fingerprint density at radius 1 is 0.808 bits per heavy atom. The average Bonchev–Trinajstić information content (AvgIpc) is 2.71. The molecule has 4 nitrogen and oxygen atoms in total. The quantitative estimate of drug-likeness (QED) is 0.505. The zero-order chi connectivity index (χ0) is 18.2. The minimum absolute atomic E-state index is 0.350. The number of rotatable bonds is 1. The van der Waals surface area contributed by atoms with Crippen LogP contribution >= 0.6 is 0 Å². The molecule has 0 saturated heterocycles. The highest BCUT2D eigenvalue weighted by Crippen LogP contribution is 2.15. The summed E-state index contributed by atoms with van der Waals surface area (Å²) in [5.74, 6) is 11.6. The summed E-state index contributed by atoms with van der Waals surface area (Å²) < 4.78 is 4.92. The summed E-state index contributed by atoms with van der Waals surface area (Å²) in [5, 5.41) is 0. The second-order valence-corrected chi connectivity index (χ2v) is 5.20. The Morgan fingerprint density at radius 2 is 1.35 bits per heavy atom. The number of aromatic nitrogens is 2. The molecule has 3 aromatic rings. The Morgan fingerprint density at radius 3 is 1.77 bits per heavy atom. The van der Waals surface area contributed by atoms with Crippen molar-refractivity contribution in [1.82, 2.24) is 9.97 Å². The first kappa shape index (κ1) is 17.0. The molecule has 0 spiro atoms. The number of esters is 1. The van der Waals surface area contributed by atoms with Gasteiger partial charge in [-0.25, -0.2) is 4.79 Å². The minimum Gasteiger partial charge on any atom is -0.465 e. The van der Waals surface area contributed by atoms with Gasteiger partial charge >= 0.3 is 5.97 Å². The molecule has 0 aliphatic rings. The zero-order valence-electron chi connectivity index (χ0n) is 14.1. The molecule has 0 fully saturated rings. The van der Waals surface area contributed by atoms with Gasteiger partial charge in [0.05, 0.1) is 12.7 Å². The largest absolute Gasteiger partial charge is 0.465 e. The first-order chi connectivity index (χ1) is 12.8. The molecule has 26 heavy (non-hydrogen) atoms. The first-order valence-corrected chi connectivity index (χ1v) is 7.83. The molecule has 124 valence electrons. The van der Waals surface area contributed by atoms with Gasteiger partial charge in [0, 0.05) is 47.0 Å². The molecule has 3 rings (SSSR count). The van der Waals surface area contributed by atoms with E-state index in [1.807, 2.05) is 18.2 Å². The van der Waals surface area contributed by atoms with E-state index in [0.29, 0.717) is 16.7 Å². The molecule has 0 aliphatic heterocycles. The molecule has 0 radical (unpaired) electrons. The third kappa shape index (κ3) is 4.14. The van der Waals surface area contributed by atoms with Crippen molar-refractivity contribution in [3.63, 3.8) is 0 Å².